The molecule has 0 radical (unpaired) electrons. The first kappa shape index (κ1) is 12.1. The minimum Gasteiger partial charge on any atom is -0.487 e. The Morgan fingerprint density at radius 3 is 2.56 bits per heavy atom. The Kier molecular flexibility index (Phi) is 3.57. The smallest absolute Gasteiger partial charge is 0.354 e. The Morgan fingerprint density at radius 2 is 1.94 bits per heavy atom. The molecule has 2 rings (SSSR count). The molecule has 0 amide bonds. The third kappa shape index (κ3) is 2.85. The van der Waals surface area contributed by atoms with Crippen molar-refractivity contribution >= 4 is 5.97 Å². The number of rotatable bonds is 4. The van der Waals surface area contributed by atoms with Gasteiger partial charge in [0.1, 0.15) is 18.1 Å². The summed E-state index contributed by atoms with van der Waals surface area (Å²) in [5.74, 6) is -0.434. The average Bonchev–Trinajstić information content (AvgIpc) is 2.38. The first-order valence-corrected chi connectivity index (χ1v) is 5.54. The van der Waals surface area contributed by atoms with Crippen molar-refractivity contribution in [2.75, 3.05) is 0 Å². The zero-order chi connectivity index (χ0) is 13.0. The van der Waals surface area contributed by atoms with E-state index < -0.39 is 5.97 Å². The van der Waals surface area contributed by atoms with Crippen LogP contribution in [0.1, 0.15) is 21.7 Å². The summed E-state index contributed by atoms with van der Waals surface area (Å²) < 4.78 is 5.60. The first-order chi connectivity index (χ1) is 8.66. The summed E-state index contributed by atoms with van der Waals surface area (Å²) in [7, 11) is 0. The van der Waals surface area contributed by atoms with E-state index in [1.54, 1.807) is 13.0 Å². The van der Waals surface area contributed by atoms with Crippen LogP contribution in [0.4, 0.5) is 0 Å². The molecular formula is C14H13NO3. The fourth-order valence-electron chi connectivity index (χ4n) is 1.56. The van der Waals surface area contributed by atoms with E-state index in [0.717, 1.165) is 5.56 Å². The van der Waals surface area contributed by atoms with Gasteiger partial charge in [-0.1, -0.05) is 30.3 Å². The van der Waals surface area contributed by atoms with Gasteiger partial charge in [-0.15, -0.1) is 0 Å². The molecule has 0 saturated heterocycles. The molecule has 1 aromatic heterocycles. The standard InChI is InChI=1S/C14H13NO3/c1-10-13(8-7-12(15-10)14(16)17)18-9-11-5-3-2-4-6-11/h2-8H,9H2,1H3,(H,16,17). The zero-order valence-electron chi connectivity index (χ0n) is 9.96. The molecule has 0 bridgehead atoms. The van der Waals surface area contributed by atoms with Crippen molar-refractivity contribution in [3.63, 3.8) is 0 Å². The number of hydrogen-bond donors (Lipinski definition) is 1. The zero-order valence-corrected chi connectivity index (χ0v) is 9.96. The summed E-state index contributed by atoms with van der Waals surface area (Å²) in [6.45, 7) is 2.17. The van der Waals surface area contributed by atoms with E-state index in [1.807, 2.05) is 30.3 Å². The Hall–Kier alpha value is -2.36. The Bertz CT molecular complexity index is 552. The lowest BCUT2D eigenvalue weighted by Crippen LogP contribution is -2.04. The van der Waals surface area contributed by atoms with Crippen LogP contribution in [-0.4, -0.2) is 16.1 Å². The van der Waals surface area contributed by atoms with E-state index in [2.05, 4.69) is 4.98 Å². The SMILES string of the molecule is Cc1nc(C(=O)O)ccc1OCc1ccccc1. The van der Waals surface area contributed by atoms with Crippen LogP contribution in [0.5, 0.6) is 5.75 Å². The largest absolute Gasteiger partial charge is 0.487 e. The maximum atomic E-state index is 10.7. The Morgan fingerprint density at radius 1 is 1.22 bits per heavy atom. The third-order valence-corrected chi connectivity index (χ3v) is 2.49. The number of aromatic nitrogens is 1. The number of carboxylic acid groups (broad SMARTS) is 1. The monoisotopic (exact) mass is 243 g/mol. The maximum absolute atomic E-state index is 10.7. The number of pyridine rings is 1. The normalized spacial score (nSPS) is 10.1. The van der Waals surface area contributed by atoms with Crippen molar-refractivity contribution in [3.05, 3.63) is 59.4 Å². The predicted octanol–water partition coefficient (Wildman–Crippen LogP) is 2.67. The highest BCUT2D eigenvalue weighted by Crippen LogP contribution is 2.17. The van der Waals surface area contributed by atoms with Crippen LogP contribution < -0.4 is 4.74 Å². The number of hydrogen-bond acceptors (Lipinski definition) is 3. The molecule has 1 heterocycles. The number of nitrogens with zero attached hydrogens (tertiary/aromatic N) is 1. The number of carboxylic acids is 1. The van der Waals surface area contributed by atoms with Gasteiger partial charge in [0.25, 0.3) is 0 Å². The minimum absolute atomic E-state index is 0.0274. The van der Waals surface area contributed by atoms with E-state index >= 15 is 0 Å². The van der Waals surface area contributed by atoms with E-state index in [4.69, 9.17) is 9.84 Å². The van der Waals surface area contributed by atoms with Crippen molar-refractivity contribution in [1.82, 2.24) is 4.98 Å². The number of benzene rings is 1. The van der Waals surface area contributed by atoms with Crippen molar-refractivity contribution in [2.45, 2.75) is 13.5 Å². The van der Waals surface area contributed by atoms with Gasteiger partial charge in [-0.25, -0.2) is 9.78 Å². The van der Waals surface area contributed by atoms with Crippen LogP contribution in [0.15, 0.2) is 42.5 Å². The summed E-state index contributed by atoms with van der Waals surface area (Å²) in [4.78, 5) is 14.7. The van der Waals surface area contributed by atoms with Gasteiger partial charge in [0.15, 0.2) is 0 Å². The first-order valence-electron chi connectivity index (χ1n) is 5.54. The van der Waals surface area contributed by atoms with Crippen LogP contribution in [0.2, 0.25) is 0 Å². The minimum atomic E-state index is -1.03. The molecule has 4 heteroatoms. The predicted molar refractivity (Wildman–Crippen MR) is 66.7 cm³/mol. The summed E-state index contributed by atoms with van der Waals surface area (Å²) >= 11 is 0. The molecule has 0 aliphatic carbocycles. The van der Waals surface area contributed by atoms with Gasteiger partial charge >= 0.3 is 5.97 Å². The second-order valence-corrected chi connectivity index (χ2v) is 3.86. The average molecular weight is 243 g/mol. The van der Waals surface area contributed by atoms with Crippen molar-refractivity contribution in [2.24, 2.45) is 0 Å². The van der Waals surface area contributed by atoms with Crippen molar-refractivity contribution in [3.8, 4) is 5.75 Å². The number of aromatic carboxylic acids is 1. The lowest BCUT2D eigenvalue weighted by molar-refractivity contribution is 0.0690. The topological polar surface area (TPSA) is 59.4 Å². The van der Waals surface area contributed by atoms with Gasteiger partial charge in [-0.05, 0) is 24.6 Å². The molecule has 4 nitrogen and oxygen atoms in total. The van der Waals surface area contributed by atoms with Gasteiger partial charge in [0, 0.05) is 0 Å². The molecule has 18 heavy (non-hydrogen) atoms. The van der Waals surface area contributed by atoms with Crippen LogP contribution in [0, 0.1) is 6.92 Å². The van der Waals surface area contributed by atoms with Crippen molar-refractivity contribution < 1.29 is 14.6 Å². The van der Waals surface area contributed by atoms with E-state index in [1.165, 1.54) is 6.07 Å². The van der Waals surface area contributed by atoms with Gasteiger partial charge < -0.3 is 9.84 Å². The third-order valence-electron chi connectivity index (χ3n) is 2.49. The molecule has 0 spiro atoms. The van der Waals surface area contributed by atoms with Crippen LogP contribution in [0.3, 0.4) is 0 Å². The molecule has 0 fully saturated rings. The molecule has 0 saturated carbocycles. The fourth-order valence-corrected chi connectivity index (χ4v) is 1.56. The molecule has 0 aliphatic rings. The van der Waals surface area contributed by atoms with Gasteiger partial charge in [-0.3, -0.25) is 0 Å². The molecule has 1 N–H and O–H groups in total. The fraction of sp³-hybridized carbons (Fsp3) is 0.143. The maximum Gasteiger partial charge on any atom is 0.354 e. The molecule has 2 aromatic rings. The molecule has 1 aromatic carbocycles. The van der Waals surface area contributed by atoms with E-state index in [-0.39, 0.29) is 5.69 Å². The highest BCUT2D eigenvalue weighted by atomic mass is 16.5. The molecule has 0 unspecified atom stereocenters. The second kappa shape index (κ2) is 5.31. The van der Waals surface area contributed by atoms with Crippen LogP contribution in [-0.2, 0) is 6.61 Å². The molecule has 92 valence electrons. The van der Waals surface area contributed by atoms with Gasteiger partial charge in [0.05, 0.1) is 5.69 Å². The highest BCUT2D eigenvalue weighted by molar-refractivity contribution is 5.85. The molecule has 0 atom stereocenters. The van der Waals surface area contributed by atoms with E-state index in [0.29, 0.717) is 18.1 Å². The molecular weight excluding hydrogens is 230 g/mol. The Labute approximate surface area is 105 Å². The number of ether oxygens (including phenoxy) is 1. The highest BCUT2D eigenvalue weighted by Gasteiger charge is 2.08. The lowest BCUT2D eigenvalue weighted by Gasteiger charge is -2.08. The van der Waals surface area contributed by atoms with Gasteiger partial charge in [-0.2, -0.15) is 0 Å². The summed E-state index contributed by atoms with van der Waals surface area (Å²) in [6, 6.07) is 12.8. The number of aryl methyl sites for hydroxylation is 1. The summed E-state index contributed by atoms with van der Waals surface area (Å²) in [5.41, 5.74) is 1.66. The molecule has 0 aliphatic heterocycles. The van der Waals surface area contributed by atoms with Crippen molar-refractivity contribution in [1.29, 1.82) is 0 Å². The van der Waals surface area contributed by atoms with Gasteiger partial charge in [0.2, 0.25) is 0 Å². The van der Waals surface area contributed by atoms with Crippen LogP contribution in [0.25, 0.3) is 0 Å². The van der Waals surface area contributed by atoms with Crippen LogP contribution >= 0.6 is 0 Å². The second-order valence-electron chi connectivity index (χ2n) is 3.86. The lowest BCUT2D eigenvalue weighted by atomic mass is 10.2. The summed E-state index contributed by atoms with van der Waals surface area (Å²) in [6.07, 6.45) is 0. The van der Waals surface area contributed by atoms with E-state index in [9.17, 15) is 4.79 Å². The quantitative estimate of drug-likeness (QED) is 0.896. The number of carbonyl (C=O) groups is 1. The summed E-state index contributed by atoms with van der Waals surface area (Å²) in [5, 5.41) is 8.80. The Balaban J connectivity index is 2.08.